The Morgan fingerprint density at radius 2 is 1.67 bits per heavy atom. The summed E-state index contributed by atoms with van der Waals surface area (Å²) in [7, 11) is 0. The molecule has 2 aliphatic rings. The molecule has 1 heterocycles. The number of carbonyl (C=O) groups is 2. The third kappa shape index (κ3) is 9.97. The highest BCUT2D eigenvalue weighted by Crippen LogP contribution is 2.47. The number of nitrogens with one attached hydrogen (secondary N) is 2. The third-order valence-corrected chi connectivity index (χ3v) is 8.71. The summed E-state index contributed by atoms with van der Waals surface area (Å²) in [4.78, 5) is 27.0. The van der Waals surface area contributed by atoms with Crippen molar-refractivity contribution in [1.82, 2.24) is 15.5 Å². The predicted molar refractivity (Wildman–Crippen MR) is 161 cm³/mol. The number of piperidine rings is 1. The molecule has 2 N–H and O–H groups in total. The third-order valence-electron chi connectivity index (χ3n) is 7.97. The minimum Gasteiger partial charge on any atom is -0.356 e. The van der Waals surface area contributed by atoms with Crippen LogP contribution in [0.1, 0.15) is 68.4 Å². The number of unbranched alkanes of at least 4 members (excludes halogenated alkanes) is 2. The summed E-state index contributed by atoms with van der Waals surface area (Å²) in [5.74, 6) is 1.51. The quantitative estimate of drug-likeness (QED) is 0.196. The average molecular weight is 571 g/mol. The van der Waals surface area contributed by atoms with Gasteiger partial charge >= 0.3 is 0 Å². The van der Waals surface area contributed by atoms with Crippen LogP contribution in [0.4, 0.5) is 0 Å². The molecule has 0 radical (unpaired) electrons. The number of carbonyl (C=O) groups excluding carboxylic acids is 2. The van der Waals surface area contributed by atoms with Gasteiger partial charge in [0.05, 0.1) is 10.0 Å². The standard InChI is InChI=1S/C32H41Cl2N3O2/c33-29-13-11-25(22-30(29)34)12-14-31(38)35-17-5-2-6-19-37-20-15-24(16-21-37)8-7-18-36-32(39)28-23-27(28)26-9-3-1-4-10-26/h1,3-4,9-14,22,24,27-28H,2,5-8,15-21,23H2,(H,35,38)(H,36,39)/t27-,28+/m0/s1. The van der Waals surface area contributed by atoms with Gasteiger partial charge in [0.15, 0.2) is 0 Å². The first-order chi connectivity index (χ1) is 19.0. The summed E-state index contributed by atoms with van der Waals surface area (Å²) < 4.78 is 0. The molecule has 0 aromatic heterocycles. The zero-order valence-electron chi connectivity index (χ0n) is 22.7. The van der Waals surface area contributed by atoms with E-state index in [4.69, 9.17) is 23.2 Å². The molecule has 0 unspecified atom stereocenters. The molecule has 1 aliphatic carbocycles. The van der Waals surface area contributed by atoms with Crippen molar-refractivity contribution in [2.45, 2.75) is 57.3 Å². The largest absolute Gasteiger partial charge is 0.356 e. The smallest absolute Gasteiger partial charge is 0.243 e. The molecule has 0 spiro atoms. The van der Waals surface area contributed by atoms with Crippen molar-refractivity contribution >= 4 is 41.1 Å². The Bertz CT molecular complexity index is 1100. The summed E-state index contributed by atoms with van der Waals surface area (Å²) in [6, 6.07) is 15.7. The van der Waals surface area contributed by atoms with Crippen LogP contribution in [0.3, 0.4) is 0 Å². The first-order valence-corrected chi connectivity index (χ1v) is 15.2. The SMILES string of the molecule is O=C(C=Cc1ccc(Cl)c(Cl)c1)NCCCCCN1CCC(CCCNC(=O)[C@@H]2C[C@H]2c2ccccc2)CC1. The van der Waals surface area contributed by atoms with E-state index in [1.165, 1.54) is 44.0 Å². The molecule has 0 bridgehead atoms. The summed E-state index contributed by atoms with van der Waals surface area (Å²) in [6.07, 6.45) is 12.3. The lowest BCUT2D eigenvalue weighted by molar-refractivity contribution is -0.122. The fourth-order valence-corrected chi connectivity index (χ4v) is 5.79. The van der Waals surface area contributed by atoms with E-state index < -0.39 is 0 Å². The van der Waals surface area contributed by atoms with Gasteiger partial charge in [-0.25, -0.2) is 0 Å². The van der Waals surface area contributed by atoms with E-state index in [1.54, 1.807) is 18.2 Å². The molecule has 2 aromatic rings. The Hall–Kier alpha value is -2.34. The van der Waals surface area contributed by atoms with Crippen LogP contribution in [0.5, 0.6) is 0 Å². The molecule has 1 aliphatic heterocycles. The lowest BCUT2D eigenvalue weighted by Crippen LogP contribution is -2.35. The zero-order valence-corrected chi connectivity index (χ0v) is 24.2. The van der Waals surface area contributed by atoms with Crippen molar-refractivity contribution in [3.05, 3.63) is 75.8 Å². The van der Waals surface area contributed by atoms with Crippen molar-refractivity contribution < 1.29 is 9.59 Å². The van der Waals surface area contributed by atoms with E-state index in [9.17, 15) is 9.59 Å². The van der Waals surface area contributed by atoms with Gasteiger partial charge in [-0.1, -0.05) is 66.0 Å². The van der Waals surface area contributed by atoms with Crippen LogP contribution in [0, 0.1) is 11.8 Å². The Morgan fingerprint density at radius 1 is 0.897 bits per heavy atom. The van der Waals surface area contributed by atoms with Crippen molar-refractivity contribution in [2.75, 3.05) is 32.7 Å². The topological polar surface area (TPSA) is 61.4 Å². The molecule has 1 saturated heterocycles. The lowest BCUT2D eigenvalue weighted by atomic mass is 9.92. The molecule has 2 aromatic carbocycles. The first-order valence-electron chi connectivity index (χ1n) is 14.5. The Kier molecular flexibility index (Phi) is 11.7. The van der Waals surface area contributed by atoms with E-state index in [1.807, 2.05) is 12.1 Å². The maximum absolute atomic E-state index is 12.4. The van der Waals surface area contributed by atoms with Crippen LogP contribution in [-0.2, 0) is 9.59 Å². The second-order valence-electron chi connectivity index (χ2n) is 10.9. The maximum atomic E-state index is 12.4. The van der Waals surface area contributed by atoms with Crippen molar-refractivity contribution in [3.8, 4) is 0 Å². The molecule has 39 heavy (non-hydrogen) atoms. The first kappa shape index (κ1) is 29.6. The van der Waals surface area contributed by atoms with Crippen LogP contribution < -0.4 is 10.6 Å². The highest BCUT2D eigenvalue weighted by atomic mass is 35.5. The molecule has 7 heteroatoms. The van der Waals surface area contributed by atoms with E-state index in [2.05, 4.69) is 39.8 Å². The zero-order chi connectivity index (χ0) is 27.5. The molecule has 2 fully saturated rings. The van der Waals surface area contributed by atoms with Gasteiger partial charge in [0, 0.05) is 25.1 Å². The Morgan fingerprint density at radius 3 is 2.44 bits per heavy atom. The second kappa shape index (κ2) is 15.4. The number of hydrogen-bond acceptors (Lipinski definition) is 3. The molecule has 4 rings (SSSR count). The number of nitrogens with zero attached hydrogens (tertiary/aromatic N) is 1. The van der Waals surface area contributed by atoms with Crippen LogP contribution >= 0.6 is 23.2 Å². The van der Waals surface area contributed by atoms with Crippen molar-refractivity contribution in [3.63, 3.8) is 0 Å². The van der Waals surface area contributed by atoms with Gasteiger partial charge in [-0.15, -0.1) is 0 Å². The van der Waals surface area contributed by atoms with Gasteiger partial charge in [-0.05, 0) is 106 Å². The molecule has 5 nitrogen and oxygen atoms in total. The molecule has 2 amide bonds. The minimum absolute atomic E-state index is 0.0911. The van der Waals surface area contributed by atoms with Crippen LogP contribution in [0.25, 0.3) is 6.08 Å². The average Bonchev–Trinajstić information content (AvgIpc) is 3.76. The van der Waals surface area contributed by atoms with E-state index >= 15 is 0 Å². The van der Waals surface area contributed by atoms with Gasteiger partial charge in [-0.2, -0.15) is 0 Å². The van der Waals surface area contributed by atoms with E-state index in [-0.39, 0.29) is 17.7 Å². The van der Waals surface area contributed by atoms with Gasteiger partial charge < -0.3 is 15.5 Å². The van der Waals surface area contributed by atoms with Crippen molar-refractivity contribution in [2.24, 2.45) is 11.8 Å². The lowest BCUT2D eigenvalue weighted by Gasteiger charge is -2.32. The van der Waals surface area contributed by atoms with E-state index in [0.717, 1.165) is 56.7 Å². The molecular formula is C32H41Cl2N3O2. The number of amides is 2. The molecule has 2 atom stereocenters. The fourth-order valence-electron chi connectivity index (χ4n) is 5.48. The number of hydrogen-bond donors (Lipinski definition) is 2. The monoisotopic (exact) mass is 569 g/mol. The number of likely N-dealkylation sites (tertiary alicyclic amines) is 1. The van der Waals surface area contributed by atoms with Gasteiger partial charge in [0.2, 0.25) is 11.8 Å². The van der Waals surface area contributed by atoms with Gasteiger partial charge in [0.1, 0.15) is 0 Å². The predicted octanol–water partition coefficient (Wildman–Crippen LogP) is 6.71. The normalized spacial score (nSPS) is 19.7. The Balaban J connectivity index is 0.971. The summed E-state index contributed by atoms with van der Waals surface area (Å²) in [5.41, 5.74) is 2.14. The summed E-state index contributed by atoms with van der Waals surface area (Å²) >= 11 is 11.9. The highest BCUT2D eigenvalue weighted by molar-refractivity contribution is 6.42. The minimum atomic E-state index is -0.0911. The van der Waals surface area contributed by atoms with Gasteiger partial charge in [0.25, 0.3) is 0 Å². The fraction of sp³-hybridized carbons (Fsp3) is 0.500. The Labute approximate surface area is 243 Å². The van der Waals surface area contributed by atoms with Crippen LogP contribution in [-0.4, -0.2) is 49.4 Å². The number of halogens is 2. The van der Waals surface area contributed by atoms with Crippen molar-refractivity contribution in [1.29, 1.82) is 0 Å². The molecular weight excluding hydrogens is 529 g/mol. The summed E-state index contributed by atoms with van der Waals surface area (Å²) in [6.45, 7) is 4.98. The van der Waals surface area contributed by atoms with Crippen LogP contribution in [0.2, 0.25) is 10.0 Å². The number of benzene rings is 2. The highest BCUT2D eigenvalue weighted by Gasteiger charge is 2.43. The van der Waals surface area contributed by atoms with Gasteiger partial charge in [-0.3, -0.25) is 9.59 Å². The molecule has 1 saturated carbocycles. The molecule has 210 valence electrons. The van der Waals surface area contributed by atoms with E-state index in [0.29, 0.717) is 22.5 Å². The number of rotatable bonds is 14. The van der Waals surface area contributed by atoms with Crippen LogP contribution in [0.15, 0.2) is 54.6 Å². The second-order valence-corrected chi connectivity index (χ2v) is 11.8. The maximum Gasteiger partial charge on any atom is 0.243 e. The summed E-state index contributed by atoms with van der Waals surface area (Å²) in [5, 5.41) is 7.11.